The van der Waals surface area contributed by atoms with Gasteiger partial charge < -0.3 is 15.2 Å². The van der Waals surface area contributed by atoms with Gasteiger partial charge in [-0.05, 0) is 25.0 Å². The van der Waals surface area contributed by atoms with Crippen LogP contribution in [0.25, 0.3) is 0 Å². The van der Waals surface area contributed by atoms with E-state index in [1.807, 2.05) is 4.90 Å². The summed E-state index contributed by atoms with van der Waals surface area (Å²) in [6.45, 7) is 1.33. The van der Waals surface area contributed by atoms with Crippen LogP contribution in [-0.4, -0.2) is 41.3 Å². The molecule has 0 aliphatic carbocycles. The Hall–Kier alpha value is -2.03. The fourth-order valence-electron chi connectivity index (χ4n) is 2.94. The zero-order valence-electron chi connectivity index (χ0n) is 13.4. The van der Waals surface area contributed by atoms with E-state index in [4.69, 9.17) is 10.3 Å². The molecule has 0 bridgehead atoms. The van der Waals surface area contributed by atoms with Crippen LogP contribution >= 0.6 is 12.8 Å². The molecule has 1 fully saturated rings. The molecule has 0 saturated carbocycles. The van der Waals surface area contributed by atoms with Crippen LogP contribution in [0.1, 0.15) is 34.8 Å². The summed E-state index contributed by atoms with van der Waals surface area (Å²) in [5.41, 5.74) is 7.62. The molecule has 1 aromatic heterocycles. The highest BCUT2D eigenvalue weighted by molar-refractivity contribution is 7.79. The van der Waals surface area contributed by atoms with Gasteiger partial charge in [0, 0.05) is 42.8 Å². The number of aromatic nitrogens is 1. The first-order chi connectivity index (χ1) is 11.3. The molecule has 1 unspecified atom stereocenters. The molecule has 24 heavy (non-hydrogen) atoms. The quantitative estimate of drug-likeness (QED) is 0.450. The number of nitrogens with zero attached hydrogens (tertiary/aromatic N) is 3. The first-order valence-corrected chi connectivity index (χ1v) is 8.18. The predicted octanol–water partition coefficient (Wildman–Crippen LogP) is 2.45. The van der Waals surface area contributed by atoms with Crippen molar-refractivity contribution in [3.05, 3.63) is 41.6 Å². The molecular weight excluding hydrogens is 328 g/mol. The fourth-order valence-corrected chi connectivity index (χ4v) is 3.08. The summed E-state index contributed by atoms with van der Waals surface area (Å²) in [6.07, 6.45) is 1.66. The lowest BCUT2D eigenvalue weighted by Crippen LogP contribution is -2.38. The van der Waals surface area contributed by atoms with Crippen molar-refractivity contribution >= 4 is 30.3 Å². The van der Waals surface area contributed by atoms with Gasteiger partial charge in [-0.2, -0.15) is 5.21 Å². The smallest absolute Gasteiger partial charge is 0.253 e. The number of hydrogen-bond donors (Lipinski definition) is 3. The Morgan fingerprint density at radius 1 is 1.38 bits per heavy atom. The Bertz CT molecular complexity index is 716. The molecule has 1 atom stereocenters. The number of hydrogen-bond acceptors (Lipinski definition) is 6. The van der Waals surface area contributed by atoms with Crippen LogP contribution in [0.2, 0.25) is 0 Å². The minimum Gasteiger partial charge on any atom is -0.368 e. The number of anilines is 1. The van der Waals surface area contributed by atoms with Gasteiger partial charge in [0.25, 0.3) is 5.91 Å². The molecule has 1 amide bonds. The maximum Gasteiger partial charge on any atom is 0.253 e. The van der Waals surface area contributed by atoms with E-state index in [0.717, 1.165) is 18.5 Å². The van der Waals surface area contributed by atoms with E-state index in [9.17, 15) is 10.0 Å². The topological polar surface area (TPSA) is 92.6 Å². The van der Waals surface area contributed by atoms with E-state index in [2.05, 4.69) is 18.0 Å². The van der Waals surface area contributed by atoms with Gasteiger partial charge in [-0.1, -0.05) is 9.21 Å². The third kappa shape index (κ3) is 3.55. The van der Waals surface area contributed by atoms with Gasteiger partial charge in [0.15, 0.2) is 5.69 Å². The van der Waals surface area contributed by atoms with Crippen LogP contribution < -0.4 is 9.79 Å². The lowest BCUT2D eigenvalue weighted by atomic mass is 9.93. The second-order valence-corrected chi connectivity index (χ2v) is 6.96. The zero-order chi connectivity index (χ0) is 17.3. The third-order valence-corrected chi connectivity index (χ3v) is 4.58. The van der Waals surface area contributed by atoms with Crippen molar-refractivity contribution in [2.45, 2.75) is 18.8 Å². The van der Waals surface area contributed by atoms with Crippen LogP contribution in [0.5, 0.6) is 0 Å². The molecule has 128 valence electrons. The molecule has 2 aromatic rings. The molecule has 2 heterocycles. The SMILES string of the molecule is C[N+](O)(S)c1ccc(C(=O)N2CCC(c3cc(N)on3)CC2)cc1. The number of hydroxylamine groups is 1. The van der Waals surface area contributed by atoms with Crippen molar-refractivity contribution in [3.8, 4) is 0 Å². The summed E-state index contributed by atoms with van der Waals surface area (Å²) in [5.74, 6) is 0.585. The number of amides is 1. The van der Waals surface area contributed by atoms with Crippen molar-refractivity contribution in [3.63, 3.8) is 0 Å². The predicted molar refractivity (Wildman–Crippen MR) is 93.7 cm³/mol. The number of rotatable bonds is 3. The number of likely N-dealkylation sites (tertiary alicyclic amines) is 1. The van der Waals surface area contributed by atoms with Crippen molar-refractivity contribution < 1.29 is 14.5 Å². The van der Waals surface area contributed by atoms with Crippen LogP contribution in [-0.2, 0) is 0 Å². The normalized spacial score (nSPS) is 18.4. The molecule has 7 nitrogen and oxygen atoms in total. The van der Waals surface area contributed by atoms with E-state index >= 15 is 0 Å². The maximum absolute atomic E-state index is 12.6. The highest BCUT2D eigenvalue weighted by Crippen LogP contribution is 2.29. The van der Waals surface area contributed by atoms with Crippen molar-refractivity contribution in [2.24, 2.45) is 0 Å². The number of thiol groups is 1. The van der Waals surface area contributed by atoms with E-state index in [-0.39, 0.29) is 11.8 Å². The van der Waals surface area contributed by atoms with Crippen LogP contribution in [0.15, 0.2) is 34.9 Å². The molecule has 0 spiro atoms. The van der Waals surface area contributed by atoms with Gasteiger partial charge in [-0.15, -0.1) is 0 Å². The monoisotopic (exact) mass is 349 g/mol. The largest absolute Gasteiger partial charge is 0.368 e. The van der Waals surface area contributed by atoms with Gasteiger partial charge in [-0.3, -0.25) is 4.79 Å². The van der Waals surface area contributed by atoms with Crippen LogP contribution in [0.3, 0.4) is 0 Å². The molecule has 1 aliphatic heterocycles. The Balaban J connectivity index is 1.63. The summed E-state index contributed by atoms with van der Waals surface area (Å²) in [4.78, 5) is 14.4. The Kier molecular flexibility index (Phi) is 4.53. The van der Waals surface area contributed by atoms with Gasteiger partial charge in [0.2, 0.25) is 5.88 Å². The number of piperidine rings is 1. The molecule has 3 rings (SSSR count). The van der Waals surface area contributed by atoms with Gasteiger partial charge in [0.1, 0.15) is 7.05 Å². The van der Waals surface area contributed by atoms with Crippen molar-refractivity contribution in [2.75, 3.05) is 25.9 Å². The molecule has 1 saturated heterocycles. The highest BCUT2D eigenvalue weighted by Gasteiger charge is 2.27. The molecule has 1 aromatic carbocycles. The molecule has 1 aliphatic rings. The second kappa shape index (κ2) is 6.46. The Morgan fingerprint density at radius 3 is 2.50 bits per heavy atom. The minimum absolute atomic E-state index is 0.00836. The molecule has 8 heteroatoms. The van der Waals surface area contributed by atoms with E-state index in [1.54, 1.807) is 30.3 Å². The fraction of sp³-hybridized carbons (Fsp3) is 0.375. The Morgan fingerprint density at radius 2 is 2.00 bits per heavy atom. The summed E-state index contributed by atoms with van der Waals surface area (Å²) in [5, 5.41) is 13.8. The lowest BCUT2D eigenvalue weighted by Gasteiger charge is -2.31. The summed E-state index contributed by atoms with van der Waals surface area (Å²) in [6, 6.07) is 8.58. The first-order valence-electron chi connectivity index (χ1n) is 7.78. The number of nitrogen functional groups attached to an aromatic ring is 1. The van der Waals surface area contributed by atoms with E-state index < -0.39 is 4.05 Å². The number of nitrogens with two attached hydrogens (primary N) is 1. The first kappa shape index (κ1) is 16.8. The van der Waals surface area contributed by atoms with E-state index in [1.165, 1.54) is 7.05 Å². The molecule has 0 radical (unpaired) electrons. The van der Waals surface area contributed by atoms with Crippen molar-refractivity contribution in [1.29, 1.82) is 0 Å². The standard InChI is InChI=1S/C16H21N4O3S/c1-20(22,24)13-4-2-12(3-5-13)16(21)19-8-6-11(7-9-19)14-10-15(17)23-18-14/h2-5,10-11,22,24H,6-9,17H2,1H3/q+1. The summed E-state index contributed by atoms with van der Waals surface area (Å²) >= 11 is 4.05. The summed E-state index contributed by atoms with van der Waals surface area (Å²) < 4.78 is 4.35. The average molecular weight is 349 g/mol. The van der Waals surface area contributed by atoms with E-state index in [0.29, 0.717) is 30.2 Å². The van der Waals surface area contributed by atoms with Gasteiger partial charge in [-0.25, -0.2) is 0 Å². The Labute approximate surface area is 145 Å². The van der Waals surface area contributed by atoms with Crippen molar-refractivity contribution in [1.82, 2.24) is 14.1 Å². The van der Waals surface area contributed by atoms with Gasteiger partial charge >= 0.3 is 0 Å². The number of quaternary nitrogens is 1. The zero-order valence-corrected chi connectivity index (χ0v) is 14.3. The number of benzene rings is 1. The lowest BCUT2D eigenvalue weighted by molar-refractivity contribution is 0.0540. The second-order valence-electron chi connectivity index (χ2n) is 6.18. The summed E-state index contributed by atoms with van der Waals surface area (Å²) in [7, 11) is 1.53. The highest BCUT2D eigenvalue weighted by atomic mass is 32.1. The minimum atomic E-state index is -0.569. The van der Waals surface area contributed by atoms with Crippen LogP contribution in [0, 0.1) is 0 Å². The third-order valence-electron chi connectivity index (χ3n) is 4.35. The maximum atomic E-state index is 12.6. The number of carbonyl (C=O) groups is 1. The average Bonchev–Trinajstić information content (AvgIpc) is 3.00. The van der Waals surface area contributed by atoms with Gasteiger partial charge in [0.05, 0.1) is 18.5 Å². The molecular formula is C16H21N4O3S+. The van der Waals surface area contributed by atoms with Crippen LogP contribution in [0.4, 0.5) is 11.6 Å². The molecule has 3 N–H and O–H groups in total. The number of carbonyl (C=O) groups excluding carboxylic acids is 1.